The van der Waals surface area contributed by atoms with Gasteiger partial charge in [0, 0.05) is 36.7 Å². The largest absolute Gasteiger partial charge is 0.488 e. The molecule has 0 amide bonds. The van der Waals surface area contributed by atoms with E-state index >= 15 is 8.78 Å². The van der Waals surface area contributed by atoms with Crippen LogP contribution in [0.25, 0.3) is 33.4 Å². The number of benzene rings is 4. The number of rotatable bonds is 17. The van der Waals surface area contributed by atoms with Gasteiger partial charge in [0.25, 0.3) is 0 Å². The third kappa shape index (κ3) is 9.67. The van der Waals surface area contributed by atoms with Crippen LogP contribution in [0.5, 0.6) is 11.5 Å². The summed E-state index contributed by atoms with van der Waals surface area (Å²) in [4.78, 5) is 50.6. The van der Waals surface area contributed by atoms with Crippen LogP contribution in [0.2, 0.25) is 0 Å². The quantitative estimate of drug-likeness (QED) is 0.0592. The lowest BCUT2D eigenvalue weighted by Crippen LogP contribution is -2.35. The molecule has 0 spiro atoms. The van der Waals surface area contributed by atoms with Crippen molar-refractivity contribution in [2.75, 3.05) is 82.3 Å². The van der Waals surface area contributed by atoms with E-state index in [2.05, 4.69) is 0 Å². The molecular weight excluding hydrogens is 750 g/mol. The number of aryl methyl sites for hydroxylation is 1. The van der Waals surface area contributed by atoms with Crippen LogP contribution >= 0.6 is 0 Å². The maximum absolute atomic E-state index is 15.6. The zero-order valence-electron chi connectivity index (χ0n) is 31.7. The molecule has 0 fully saturated rings. The SMILES string of the molecule is Cc1ccc(N(CC(=O)O)CC(=O)O)c(OCCOc2cc(-c3c4cc(F)c(=[N+](C)C)cc-4oc4cc(N(C)C)c(F)cc34)ccc2N(CC(=O)O)CC(=O)O)c1. The average molecular weight is 792 g/mol. The van der Waals surface area contributed by atoms with Gasteiger partial charge >= 0.3 is 23.9 Å². The number of carboxylic acids is 4. The molecule has 15 nitrogen and oxygen atoms in total. The Hall–Kier alpha value is -6.91. The molecule has 300 valence electrons. The molecule has 1 aliphatic heterocycles. The Balaban J connectivity index is 1.64. The zero-order valence-corrected chi connectivity index (χ0v) is 31.7. The molecule has 3 aromatic carbocycles. The second-order valence-corrected chi connectivity index (χ2v) is 13.5. The second-order valence-electron chi connectivity index (χ2n) is 13.5. The van der Waals surface area contributed by atoms with E-state index in [1.165, 1.54) is 42.5 Å². The van der Waals surface area contributed by atoms with Gasteiger partial charge in [-0.1, -0.05) is 12.1 Å². The fraction of sp³-hybridized carbons (Fsp3) is 0.275. The monoisotopic (exact) mass is 791 g/mol. The molecule has 5 rings (SSSR count). The molecule has 3 aromatic rings. The van der Waals surface area contributed by atoms with Gasteiger partial charge in [-0.3, -0.25) is 19.2 Å². The number of aliphatic carboxylic acids is 4. The van der Waals surface area contributed by atoms with Gasteiger partial charge < -0.3 is 49.0 Å². The van der Waals surface area contributed by atoms with Crippen molar-refractivity contribution in [2.24, 2.45) is 0 Å². The molecular formula is C40H41F2N4O11+. The summed E-state index contributed by atoms with van der Waals surface area (Å²) in [6.07, 6.45) is 0. The van der Waals surface area contributed by atoms with E-state index in [9.17, 15) is 39.6 Å². The third-order valence-electron chi connectivity index (χ3n) is 8.77. The van der Waals surface area contributed by atoms with Crippen molar-refractivity contribution in [1.29, 1.82) is 0 Å². The Kier molecular flexibility index (Phi) is 12.5. The average Bonchev–Trinajstić information content (AvgIpc) is 3.10. The number of halogens is 2. The smallest absolute Gasteiger partial charge is 0.323 e. The van der Waals surface area contributed by atoms with Crippen LogP contribution in [0.15, 0.2) is 65.1 Å². The molecule has 0 saturated heterocycles. The molecule has 0 aromatic heterocycles. The minimum atomic E-state index is -1.32. The van der Waals surface area contributed by atoms with E-state index in [1.807, 2.05) is 0 Å². The Labute approximate surface area is 324 Å². The third-order valence-corrected chi connectivity index (χ3v) is 8.77. The maximum atomic E-state index is 15.6. The first-order valence-electron chi connectivity index (χ1n) is 17.4. The highest BCUT2D eigenvalue weighted by Gasteiger charge is 2.26. The lowest BCUT2D eigenvalue weighted by atomic mass is 9.92. The van der Waals surface area contributed by atoms with Gasteiger partial charge in [0.2, 0.25) is 5.36 Å². The Morgan fingerprint density at radius 3 is 1.72 bits per heavy atom. The molecule has 1 heterocycles. The van der Waals surface area contributed by atoms with E-state index in [0.29, 0.717) is 11.1 Å². The van der Waals surface area contributed by atoms with Crippen LogP contribution in [-0.2, 0) is 19.2 Å². The number of anilines is 3. The van der Waals surface area contributed by atoms with Crippen molar-refractivity contribution in [3.8, 4) is 33.9 Å². The van der Waals surface area contributed by atoms with Gasteiger partial charge in [0.1, 0.15) is 82.1 Å². The fourth-order valence-electron chi connectivity index (χ4n) is 6.36. The highest BCUT2D eigenvalue weighted by atomic mass is 19.1. The van der Waals surface area contributed by atoms with Crippen LogP contribution < -0.4 is 34.1 Å². The van der Waals surface area contributed by atoms with E-state index in [-0.39, 0.29) is 69.4 Å². The van der Waals surface area contributed by atoms with Crippen LogP contribution in [0.4, 0.5) is 25.8 Å². The summed E-state index contributed by atoms with van der Waals surface area (Å²) in [6.45, 7) is -1.37. The molecule has 0 atom stereocenters. The first-order valence-corrected chi connectivity index (χ1v) is 17.4. The van der Waals surface area contributed by atoms with Crippen LogP contribution in [0.3, 0.4) is 0 Å². The highest BCUT2D eigenvalue weighted by Crippen LogP contribution is 2.44. The number of hydrogen-bond donors (Lipinski definition) is 4. The summed E-state index contributed by atoms with van der Waals surface area (Å²) in [7, 11) is 6.67. The fourth-order valence-corrected chi connectivity index (χ4v) is 6.36. The molecule has 0 radical (unpaired) electrons. The van der Waals surface area contributed by atoms with Gasteiger partial charge in [-0.05, 0) is 54.4 Å². The Morgan fingerprint density at radius 2 is 1.21 bits per heavy atom. The molecule has 0 bridgehead atoms. The van der Waals surface area contributed by atoms with Crippen molar-refractivity contribution in [3.63, 3.8) is 0 Å². The van der Waals surface area contributed by atoms with Crippen molar-refractivity contribution >= 4 is 51.9 Å². The van der Waals surface area contributed by atoms with Crippen LogP contribution in [0.1, 0.15) is 5.56 Å². The number of hydrogen-bond acceptors (Lipinski definition) is 10. The van der Waals surface area contributed by atoms with E-state index in [1.54, 1.807) is 62.8 Å². The second kappa shape index (κ2) is 17.3. The molecule has 2 aliphatic rings. The Morgan fingerprint density at radius 1 is 0.684 bits per heavy atom. The Bertz CT molecular complexity index is 2380. The lowest BCUT2D eigenvalue weighted by Gasteiger charge is -2.25. The van der Waals surface area contributed by atoms with E-state index in [4.69, 9.17) is 13.9 Å². The minimum absolute atomic E-state index is 0.000643. The number of carboxylic acid groups (broad SMARTS) is 4. The molecule has 17 heteroatoms. The predicted octanol–water partition coefficient (Wildman–Crippen LogP) is 4.30. The maximum Gasteiger partial charge on any atom is 0.323 e. The normalized spacial score (nSPS) is 11.0. The molecule has 0 unspecified atom stereocenters. The van der Waals surface area contributed by atoms with Gasteiger partial charge in [-0.2, -0.15) is 4.39 Å². The summed E-state index contributed by atoms with van der Waals surface area (Å²) in [6, 6.07) is 14.9. The highest BCUT2D eigenvalue weighted by molar-refractivity contribution is 6.03. The molecule has 4 N–H and O–H groups in total. The van der Waals surface area contributed by atoms with Crippen molar-refractivity contribution in [3.05, 3.63) is 83.2 Å². The molecule has 57 heavy (non-hydrogen) atoms. The standard InChI is InChI=1S/C40H40F2N4O11/c1-22-6-8-28(45(18-36(47)48)19-37(49)50)34(12-22)55-10-11-56-35-13-23(7-9-29(35)46(20-38(51)52)21-39(53)54)40-24-14-26(41)30(43(2)3)16-32(24)57-33-17-31(44(4)5)27(42)15-25(33)40/h6-9,12-17H,10-11,18-21H2,1-5H3,(H3-,47,48,49,50,51,52,53,54)/p+1. The number of fused-ring (bicyclic) bond motifs is 2. The van der Waals surface area contributed by atoms with Crippen LogP contribution in [-0.4, -0.2) is 112 Å². The van der Waals surface area contributed by atoms with Gasteiger partial charge in [0.15, 0.2) is 5.82 Å². The first kappa shape index (κ1) is 41.3. The summed E-state index contributed by atoms with van der Waals surface area (Å²) in [5.74, 6) is -5.92. The number of carbonyl (C=O) groups is 4. The van der Waals surface area contributed by atoms with Crippen molar-refractivity contribution in [1.82, 2.24) is 4.58 Å². The number of nitrogens with zero attached hydrogens (tertiary/aromatic N) is 4. The van der Waals surface area contributed by atoms with E-state index in [0.717, 1.165) is 15.4 Å². The van der Waals surface area contributed by atoms with Gasteiger partial charge in [-0.25, -0.2) is 8.97 Å². The summed E-state index contributed by atoms with van der Waals surface area (Å²) in [5, 5.41) is 38.7. The van der Waals surface area contributed by atoms with Crippen molar-refractivity contribution in [2.45, 2.75) is 6.92 Å². The summed E-state index contributed by atoms with van der Waals surface area (Å²) >= 11 is 0. The number of ether oxygens (including phenoxy) is 2. The van der Waals surface area contributed by atoms with Gasteiger partial charge in [0.05, 0.1) is 23.1 Å². The minimum Gasteiger partial charge on any atom is -0.488 e. The van der Waals surface area contributed by atoms with Crippen molar-refractivity contribution < 1.29 is 62.3 Å². The molecule has 1 aliphatic carbocycles. The lowest BCUT2D eigenvalue weighted by molar-refractivity contribution is -0.138. The topological polar surface area (TPSA) is 194 Å². The van der Waals surface area contributed by atoms with E-state index < -0.39 is 61.7 Å². The summed E-state index contributed by atoms with van der Waals surface area (Å²) in [5.41, 5.74) is 2.48. The first-order chi connectivity index (χ1) is 26.9. The van der Waals surface area contributed by atoms with Crippen LogP contribution in [0, 0.1) is 18.6 Å². The predicted molar refractivity (Wildman–Crippen MR) is 207 cm³/mol. The summed E-state index contributed by atoms with van der Waals surface area (Å²) < 4.78 is 51.1. The zero-order chi connectivity index (χ0) is 41.7. The molecule has 0 saturated carbocycles. The van der Waals surface area contributed by atoms with Gasteiger partial charge in [-0.15, -0.1) is 0 Å².